The van der Waals surface area contributed by atoms with E-state index in [0.29, 0.717) is 13.2 Å². The number of aryl methyl sites for hydroxylation is 1. The average Bonchev–Trinajstić information content (AvgIpc) is 2.57. The van der Waals surface area contributed by atoms with Gasteiger partial charge in [-0.1, -0.05) is 35.9 Å². The molecule has 0 bridgehead atoms. The summed E-state index contributed by atoms with van der Waals surface area (Å²) in [5.74, 6) is 0.160. The van der Waals surface area contributed by atoms with Crippen LogP contribution in [0.4, 0.5) is 18.9 Å². The number of rotatable bonds is 7. The lowest BCUT2D eigenvalue weighted by molar-refractivity contribution is -0.137. The number of alkyl halides is 3. The molecule has 0 heterocycles. The summed E-state index contributed by atoms with van der Waals surface area (Å²) in [6.07, 6.45) is -4.61. The van der Waals surface area contributed by atoms with Gasteiger partial charge in [0.1, 0.15) is 12.4 Å². The maximum atomic E-state index is 13.1. The number of carbonyl (C=O) groups excluding carboxylic acids is 1. The lowest BCUT2D eigenvalue weighted by Crippen LogP contribution is -2.33. The lowest BCUT2D eigenvalue weighted by atomic mass is 10.1. The molecule has 0 saturated carbocycles. The highest BCUT2D eigenvalue weighted by atomic mass is 35.5. The Morgan fingerprint density at radius 3 is 2.56 bits per heavy atom. The Kier molecular flexibility index (Phi) is 7.10. The molecule has 2 aromatic carbocycles. The van der Waals surface area contributed by atoms with E-state index in [4.69, 9.17) is 16.3 Å². The number of halogens is 4. The number of nitrogens with one attached hydrogen (secondary N) is 1. The number of benzene rings is 2. The smallest absolute Gasteiger partial charge is 0.418 e. The van der Waals surface area contributed by atoms with Crippen LogP contribution in [-0.2, 0) is 11.0 Å². The zero-order valence-corrected chi connectivity index (χ0v) is 15.7. The van der Waals surface area contributed by atoms with E-state index in [9.17, 15) is 18.0 Å². The number of hydrogen-bond acceptors (Lipinski definition) is 3. The molecule has 146 valence electrons. The molecule has 27 heavy (non-hydrogen) atoms. The van der Waals surface area contributed by atoms with Crippen molar-refractivity contribution in [2.75, 3.05) is 32.1 Å². The molecule has 0 aliphatic heterocycles. The Bertz CT molecular complexity index is 797. The summed E-state index contributed by atoms with van der Waals surface area (Å²) >= 11 is 5.83. The second-order valence-electron chi connectivity index (χ2n) is 6.06. The van der Waals surface area contributed by atoms with Crippen LogP contribution < -0.4 is 10.1 Å². The first-order chi connectivity index (χ1) is 12.7. The number of nitrogens with zero attached hydrogens (tertiary/aromatic N) is 1. The zero-order valence-electron chi connectivity index (χ0n) is 14.9. The third-order valence-corrected chi connectivity index (χ3v) is 4.14. The first kappa shape index (κ1) is 21.1. The van der Waals surface area contributed by atoms with E-state index >= 15 is 0 Å². The number of para-hydroxylation sites is 2. The van der Waals surface area contributed by atoms with Gasteiger partial charge in [-0.05, 0) is 37.7 Å². The molecule has 1 N–H and O–H groups in total. The molecule has 0 aromatic heterocycles. The van der Waals surface area contributed by atoms with E-state index < -0.39 is 23.3 Å². The van der Waals surface area contributed by atoms with Crippen LogP contribution in [0.5, 0.6) is 5.75 Å². The Labute approximate surface area is 160 Å². The molecule has 0 radical (unpaired) electrons. The second kappa shape index (κ2) is 9.10. The minimum atomic E-state index is -4.61. The van der Waals surface area contributed by atoms with Crippen molar-refractivity contribution in [3.63, 3.8) is 0 Å². The van der Waals surface area contributed by atoms with Gasteiger partial charge in [-0.3, -0.25) is 9.69 Å². The maximum Gasteiger partial charge on any atom is 0.418 e. The van der Waals surface area contributed by atoms with Gasteiger partial charge in [0, 0.05) is 6.54 Å². The molecule has 0 aliphatic rings. The summed E-state index contributed by atoms with van der Waals surface area (Å²) in [5, 5.41) is 2.10. The summed E-state index contributed by atoms with van der Waals surface area (Å²) in [4.78, 5) is 13.8. The highest BCUT2D eigenvalue weighted by Crippen LogP contribution is 2.38. The van der Waals surface area contributed by atoms with Crippen LogP contribution in [0.25, 0.3) is 0 Å². The predicted octanol–water partition coefficient (Wildman–Crippen LogP) is 4.62. The lowest BCUT2D eigenvalue weighted by Gasteiger charge is -2.19. The molecule has 0 spiro atoms. The van der Waals surface area contributed by atoms with Crippen molar-refractivity contribution in [1.29, 1.82) is 0 Å². The van der Waals surface area contributed by atoms with E-state index in [0.717, 1.165) is 17.4 Å². The van der Waals surface area contributed by atoms with Crippen molar-refractivity contribution >= 4 is 23.2 Å². The van der Waals surface area contributed by atoms with Gasteiger partial charge in [-0.2, -0.15) is 13.2 Å². The van der Waals surface area contributed by atoms with Crippen LogP contribution in [0.2, 0.25) is 5.02 Å². The fourth-order valence-electron chi connectivity index (χ4n) is 2.42. The average molecular weight is 401 g/mol. The van der Waals surface area contributed by atoms with Gasteiger partial charge in [-0.25, -0.2) is 0 Å². The Hall–Kier alpha value is -2.25. The molecule has 0 aliphatic carbocycles. The summed E-state index contributed by atoms with van der Waals surface area (Å²) in [6.45, 7) is 2.60. The molecular weight excluding hydrogens is 381 g/mol. The SMILES string of the molecule is Cc1ccccc1OCCN(C)CC(=O)Nc1c(Cl)cccc1C(F)(F)F. The van der Waals surface area contributed by atoms with Crippen molar-refractivity contribution in [3.05, 3.63) is 58.6 Å². The van der Waals surface area contributed by atoms with Crippen molar-refractivity contribution in [2.24, 2.45) is 0 Å². The monoisotopic (exact) mass is 400 g/mol. The van der Waals surface area contributed by atoms with Crippen LogP contribution in [-0.4, -0.2) is 37.6 Å². The van der Waals surface area contributed by atoms with Gasteiger partial charge in [0.15, 0.2) is 0 Å². The van der Waals surface area contributed by atoms with E-state index in [2.05, 4.69) is 5.32 Å². The van der Waals surface area contributed by atoms with Crippen LogP contribution in [0, 0.1) is 6.92 Å². The molecular formula is C19H20ClF3N2O2. The van der Waals surface area contributed by atoms with E-state index in [1.54, 1.807) is 11.9 Å². The van der Waals surface area contributed by atoms with Gasteiger partial charge in [0.05, 0.1) is 22.8 Å². The third kappa shape index (κ3) is 6.15. The minimum absolute atomic E-state index is 0.0976. The summed E-state index contributed by atoms with van der Waals surface area (Å²) in [6, 6.07) is 10.9. The van der Waals surface area contributed by atoms with E-state index in [-0.39, 0.29) is 11.6 Å². The standard InChI is InChI=1S/C19H20ClF3N2O2/c1-13-6-3-4-9-16(13)27-11-10-25(2)12-17(26)24-18-14(19(21,22)23)7-5-8-15(18)20/h3-9H,10-12H2,1-2H3,(H,24,26). The highest BCUT2D eigenvalue weighted by Gasteiger charge is 2.34. The number of amides is 1. The van der Waals surface area contributed by atoms with Gasteiger partial charge in [0.2, 0.25) is 5.91 Å². The van der Waals surface area contributed by atoms with Crippen molar-refractivity contribution in [1.82, 2.24) is 4.90 Å². The number of likely N-dealkylation sites (N-methyl/N-ethyl adjacent to an activating group) is 1. The fourth-order valence-corrected chi connectivity index (χ4v) is 2.64. The first-order valence-electron chi connectivity index (χ1n) is 8.21. The predicted molar refractivity (Wildman–Crippen MR) is 99.3 cm³/mol. The van der Waals surface area contributed by atoms with Crippen LogP contribution in [0.3, 0.4) is 0 Å². The van der Waals surface area contributed by atoms with E-state index in [1.165, 1.54) is 12.1 Å². The molecule has 0 saturated heterocycles. The fraction of sp³-hybridized carbons (Fsp3) is 0.316. The normalized spacial score (nSPS) is 11.5. The number of hydrogen-bond donors (Lipinski definition) is 1. The summed E-state index contributed by atoms with van der Waals surface area (Å²) in [5.41, 5.74) is -0.411. The van der Waals surface area contributed by atoms with Gasteiger partial charge in [0.25, 0.3) is 0 Å². The molecule has 2 aromatic rings. The van der Waals surface area contributed by atoms with Crippen LogP contribution >= 0.6 is 11.6 Å². The number of carbonyl (C=O) groups is 1. The molecule has 2 rings (SSSR count). The summed E-state index contributed by atoms with van der Waals surface area (Å²) < 4.78 is 44.8. The molecule has 0 unspecified atom stereocenters. The van der Waals surface area contributed by atoms with E-state index in [1.807, 2.05) is 31.2 Å². The third-order valence-electron chi connectivity index (χ3n) is 3.82. The second-order valence-corrected chi connectivity index (χ2v) is 6.47. The molecule has 0 atom stereocenters. The number of anilines is 1. The molecule has 4 nitrogen and oxygen atoms in total. The van der Waals surface area contributed by atoms with Gasteiger partial charge in [-0.15, -0.1) is 0 Å². The largest absolute Gasteiger partial charge is 0.492 e. The van der Waals surface area contributed by atoms with Crippen LogP contribution in [0.1, 0.15) is 11.1 Å². The van der Waals surface area contributed by atoms with Crippen LogP contribution in [0.15, 0.2) is 42.5 Å². The first-order valence-corrected chi connectivity index (χ1v) is 8.59. The Morgan fingerprint density at radius 2 is 1.89 bits per heavy atom. The van der Waals surface area contributed by atoms with Crippen molar-refractivity contribution < 1.29 is 22.7 Å². The van der Waals surface area contributed by atoms with Crippen molar-refractivity contribution in [2.45, 2.75) is 13.1 Å². The van der Waals surface area contributed by atoms with Crippen molar-refractivity contribution in [3.8, 4) is 5.75 Å². The Morgan fingerprint density at radius 1 is 1.19 bits per heavy atom. The minimum Gasteiger partial charge on any atom is -0.492 e. The molecule has 0 fully saturated rings. The van der Waals surface area contributed by atoms with Gasteiger partial charge >= 0.3 is 6.18 Å². The maximum absolute atomic E-state index is 13.1. The van der Waals surface area contributed by atoms with Gasteiger partial charge < -0.3 is 10.1 Å². The Balaban J connectivity index is 1.90. The summed E-state index contributed by atoms with van der Waals surface area (Å²) in [7, 11) is 1.68. The molecule has 8 heteroatoms. The zero-order chi connectivity index (χ0) is 20.0. The number of ether oxygens (including phenoxy) is 1. The highest BCUT2D eigenvalue weighted by molar-refractivity contribution is 6.34. The molecule has 1 amide bonds. The topological polar surface area (TPSA) is 41.6 Å². The quantitative estimate of drug-likeness (QED) is 0.737.